The number of hydrogen-bond donors (Lipinski definition) is 24. The predicted molar refractivity (Wildman–Crippen MR) is 553 cm³/mol. The molecule has 0 aliphatic carbocycles. The minimum Gasteiger partial charge on any atom is -0.504 e. The molecule has 708 valence electrons. The van der Waals surface area contributed by atoms with Crippen LogP contribution in [0.15, 0.2) is 317 Å². The molecule has 0 unspecified atom stereocenters. The summed E-state index contributed by atoms with van der Waals surface area (Å²) in [6, 6.07) is 89.7. The summed E-state index contributed by atoms with van der Waals surface area (Å²) >= 11 is 0. The molecule has 25 aromatic rings. The van der Waals surface area contributed by atoms with Gasteiger partial charge < -0.3 is 136 Å². The maximum Gasteiger partial charge on any atom is 0.204 e. The van der Waals surface area contributed by atoms with Crippen LogP contribution in [0.4, 0.5) is 0 Å². The minimum atomic E-state index is -1.04. The van der Waals surface area contributed by atoms with Gasteiger partial charge in [-0.25, -0.2) is 0 Å². The van der Waals surface area contributed by atoms with Crippen LogP contribution in [0.3, 0.4) is 0 Å². The molecule has 0 atom stereocenters. The lowest BCUT2D eigenvalue weighted by molar-refractivity contribution is 0.350. The van der Waals surface area contributed by atoms with Crippen molar-refractivity contribution in [3.63, 3.8) is 0 Å². The van der Waals surface area contributed by atoms with Crippen molar-refractivity contribution in [3.05, 3.63) is 303 Å². The molecule has 27 heteroatoms. The van der Waals surface area contributed by atoms with Gasteiger partial charge >= 0.3 is 0 Å². The van der Waals surface area contributed by atoms with E-state index < -0.39 is 138 Å². The lowest BCUT2D eigenvalue weighted by Gasteiger charge is -2.23. The highest BCUT2D eigenvalue weighted by Gasteiger charge is 2.40. The Morgan fingerprint density at radius 1 is 0.117 bits per heavy atom. The number of para-hydroxylation sites is 3. The SMILES string of the molecule is Oc1c(O)c(O)c2c(-c3cccc4oc5ccccc5c34)c3c(O)c(O)c(O)c(O)c3c(-c3ccc4ccccc4c3)c2c1O.Oc1c(O)c(O)c2c(-c3cccc4oc5ccccc5c34)c3c(O)c(O)c(O)c(O)c3c(-c3ccccc3-c3ccc(-c4ccccc4)cc3)c2c1O.Oc1c(O)c(O)c2c(-c3cccc4oc5ccccc5c34)c3c(O)c(O)c(O)c(O)c3c(-c3ccccc3-c3ccccc3)c2c1O. The number of fused-ring (bicyclic) bond motifs is 16. The number of rotatable bonds is 9. The van der Waals surface area contributed by atoms with E-state index in [0.717, 1.165) is 27.5 Å². The molecule has 0 saturated carbocycles. The highest BCUT2D eigenvalue weighted by atomic mass is 16.4. The molecule has 0 fully saturated rings. The molecule has 0 aliphatic rings. The molecule has 0 saturated heterocycles. The fourth-order valence-electron chi connectivity index (χ4n) is 20.8. The highest BCUT2D eigenvalue weighted by molar-refractivity contribution is 6.36. The average Bonchev–Trinajstić information content (AvgIpc) is 1.43. The van der Waals surface area contributed by atoms with Gasteiger partial charge in [0.1, 0.15) is 33.5 Å². The Balaban J connectivity index is 0.000000121. The summed E-state index contributed by atoms with van der Waals surface area (Å²) in [6.07, 6.45) is 0. The van der Waals surface area contributed by atoms with Crippen LogP contribution in [0.5, 0.6) is 138 Å². The van der Waals surface area contributed by atoms with E-state index in [1.54, 1.807) is 188 Å². The Morgan fingerprint density at radius 3 is 0.621 bits per heavy atom. The lowest BCUT2D eigenvalue weighted by atomic mass is 9.81. The van der Waals surface area contributed by atoms with Gasteiger partial charge in [-0.1, -0.05) is 261 Å². The van der Waals surface area contributed by atoms with Crippen molar-refractivity contribution in [2.24, 2.45) is 0 Å². The van der Waals surface area contributed by atoms with Gasteiger partial charge in [0.05, 0.1) is 0 Å². The number of phenols is 24. The fraction of sp³-hybridized carbons (Fsp3) is 0. The van der Waals surface area contributed by atoms with Crippen molar-refractivity contribution in [2.45, 2.75) is 0 Å². The number of hydrogen-bond acceptors (Lipinski definition) is 27. The number of benzene rings is 22. The Kier molecular flexibility index (Phi) is 20.1. The lowest BCUT2D eigenvalue weighted by Crippen LogP contribution is -1.96. The summed E-state index contributed by atoms with van der Waals surface area (Å²) in [5, 5.41) is 273. The van der Waals surface area contributed by atoms with E-state index in [1.165, 1.54) is 0 Å². The quantitative estimate of drug-likeness (QED) is 0.0362. The molecule has 0 aliphatic heterocycles. The zero-order chi connectivity index (χ0) is 101. The van der Waals surface area contributed by atoms with Gasteiger partial charge in [-0.05, 0) is 120 Å². The molecule has 145 heavy (non-hydrogen) atoms. The van der Waals surface area contributed by atoms with E-state index in [4.69, 9.17) is 13.3 Å². The second-order valence-electron chi connectivity index (χ2n) is 34.9. The number of furan rings is 3. The van der Waals surface area contributed by atoms with Crippen LogP contribution in [-0.4, -0.2) is 123 Å². The Hall–Kier alpha value is -20.7. The van der Waals surface area contributed by atoms with Gasteiger partial charge in [-0.15, -0.1) is 0 Å². The zero-order valence-corrected chi connectivity index (χ0v) is 74.8. The predicted octanol–water partition coefficient (Wildman–Crippen LogP) is 26.8. The van der Waals surface area contributed by atoms with Crippen LogP contribution < -0.4 is 0 Å². The third-order valence-electron chi connectivity index (χ3n) is 27.2. The Bertz CT molecular complexity index is 9690. The first-order valence-corrected chi connectivity index (χ1v) is 44.9. The molecule has 0 spiro atoms. The van der Waals surface area contributed by atoms with Gasteiger partial charge in [-0.3, -0.25) is 0 Å². The highest BCUT2D eigenvalue weighted by Crippen LogP contribution is 2.69. The molecular formula is C118H74O27. The molecule has 27 nitrogen and oxygen atoms in total. The molecule has 3 heterocycles. The molecule has 22 aromatic carbocycles. The van der Waals surface area contributed by atoms with Crippen LogP contribution >= 0.6 is 0 Å². The van der Waals surface area contributed by atoms with Crippen LogP contribution in [0, 0.1) is 0 Å². The molecule has 24 N–H and O–H groups in total. The van der Waals surface area contributed by atoms with Crippen LogP contribution in [0.2, 0.25) is 0 Å². The topological polar surface area (TPSA) is 525 Å². The largest absolute Gasteiger partial charge is 0.504 e. The summed E-state index contributed by atoms with van der Waals surface area (Å²) in [5.41, 5.74) is 9.17. The molecule has 0 radical (unpaired) electrons. The molecular weight excluding hydrogens is 1850 g/mol. The standard InChI is InChI=1S/C44H28O9.C38H24O9.C36H22O9/c45-37-33-31(25-12-5-4-11-24(25)23-19-17-22(18-20-23)21-9-2-1-3-10-21)34-36(40(48)44(52)42(50)38(34)46)32(35(33)39(47)43(51)41(37)49)27-14-8-16-29-30(27)26-13-6-7-15-28(26)53-29;39-31-27-25(19-12-5-4-11-18(19)17-9-2-1-3-10-17)28-30(34(42)38(46)36(44)32(28)40)26(29(27)33(41)37(45)35(31)43)21-14-8-16-23-24(21)20-13-6-7-15-22(20)47-23;37-29-25-22(17-13-12-15-6-1-2-7-16(15)14-17)26-28(32(40)36(44)34(42)30(26)38)24(27(25)31(39)35(43)33(29)41)19-9-5-11-21-23(19)18-8-3-4-10-20(18)45-21/h1-20,45-52H;1-16,39-46H;1-14,37-44H. The van der Waals surface area contributed by atoms with Crippen molar-refractivity contribution in [2.75, 3.05) is 0 Å². The van der Waals surface area contributed by atoms with Gasteiger partial charge in [0.2, 0.25) is 69.0 Å². The van der Waals surface area contributed by atoms with Crippen LogP contribution in [-0.2, 0) is 0 Å². The van der Waals surface area contributed by atoms with Crippen molar-refractivity contribution >= 4 is 141 Å². The Morgan fingerprint density at radius 2 is 0.317 bits per heavy atom. The van der Waals surface area contributed by atoms with Crippen LogP contribution in [0.25, 0.3) is 241 Å². The maximum absolute atomic E-state index is 11.8. The third kappa shape index (κ3) is 12.9. The van der Waals surface area contributed by atoms with Crippen molar-refractivity contribution in [1.82, 2.24) is 0 Å². The first-order chi connectivity index (χ1) is 70.1. The fourth-order valence-corrected chi connectivity index (χ4v) is 20.8. The smallest absolute Gasteiger partial charge is 0.204 e. The summed E-state index contributed by atoms with van der Waals surface area (Å²) in [7, 11) is 0. The molecule has 0 amide bonds. The molecule has 3 aromatic heterocycles. The minimum absolute atomic E-state index is 0.00932. The summed E-state index contributed by atoms with van der Waals surface area (Å²) in [6.45, 7) is 0. The maximum atomic E-state index is 11.8. The van der Waals surface area contributed by atoms with E-state index in [-0.39, 0.29) is 98.0 Å². The third-order valence-corrected chi connectivity index (χ3v) is 27.2. The number of aromatic hydroxyl groups is 24. The summed E-state index contributed by atoms with van der Waals surface area (Å²) in [4.78, 5) is 0. The number of phenolic OH excluding ortho intramolecular Hbond substituents is 24. The van der Waals surface area contributed by atoms with Gasteiger partial charge in [0.15, 0.2) is 69.0 Å². The zero-order valence-electron chi connectivity index (χ0n) is 74.8. The molecule has 0 bridgehead atoms. The second-order valence-corrected chi connectivity index (χ2v) is 34.9. The van der Waals surface area contributed by atoms with Crippen molar-refractivity contribution in [1.29, 1.82) is 0 Å². The monoisotopic (exact) mass is 1920 g/mol. The van der Waals surface area contributed by atoms with Crippen LogP contribution in [0.1, 0.15) is 0 Å². The Labute approximate surface area is 813 Å². The summed E-state index contributed by atoms with van der Waals surface area (Å²) < 4.78 is 18.3. The van der Waals surface area contributed by atoms with Crippen molar-refractivity contribution in [3.8, 4) is 238 Å². The average molecular weight is 1920 g/mol. The van der Waals surface area contributed by atoms with E-state index >= 15 is 0 Å². The van der Waals surface area contributed by atoms with Gasteiger partial charge in [0, 0.05) is 130 Å². The van der Waals surface area contributed by atoms with Gasteiger partial charge in [-0.2, -0.15) is 0 Å². The first-order valence-electron chi connectivity index (χ1n) is 44.9. The first kappa shape index (κ1) is 88.3. The summed E-state index contributed by atoms with van der Waals surface area (Å²) in [5.74, 6) is -22.5. The van der Waals surface area contributed by atoms with E-state index in [9.17, 15) is 123 Å². The van der Waals surface area contributed by atoms with E-state index in [1.807, 2.05) is 115 Å². The van der Waals surface area contributed by atoms with Crippen molar-refractivity contribution < 1.29 is 136 Å². The van der Waals surface area contributed by atoms with E-state index in [0.29, 0.717) is 116 Å². The second kappa shape index (κ2) is 33.0. The van der Waals surface area contributed by atoms with Gasteiger partial charge in [0.25, 0.3) is 0 Å². The normalized spacial score (nSPS) is 11.7. The van der Waals surface area contributed by atoms with E-state index in [2.05, 4.69) is 0 Å². The molecule has 25 rings (SSSR count).